The highest BCUT2D eigenvalue weighted by Gasteiger charge is 2.28. The van der Waals surface area contributed by atoms with Gasteiger partial charge in [0.05, 0.1) is 26.6 Å². The molecule has 1 aromatic carbocycles. The first-order valence-electron chi connectivity index (χ1n) is 6.55. The molecule has 1 aliphatic rings. The van der Waals surface area contributed by atoms with Crippen molar-refractivity contribution in [1.82, 2.24) is 0 Å². The third-order valence-corrected chi connectivity index (χ3v) is 4.06. The van der Waals surface area contributed by atoms with Crippen LogP contribution in [0.1, 0.15) is 17.9 Å². The summed E-state index contributed by atoms with van der Waals surface area (Å²) in [6, 6.07) is 7.86. The molecule has 0 amide bonds. The van der Waals surface area contributed by atoms with E-state index in [0.29, 0.717) is 13.2 Å². The van der Waals surface area contributed by atoms with Crippen molar-refractivity contribution >= 4 is 10.1 Å². The molecule has 0 N–H and O–H groups in total. The summed E-state index contributed by atoms with van der Waals surface area (Å²) in [7, 11) is -1.79. The van der Waals surface area contributed by atoms with Crippen molar-refractivity contribution in [2.75, 3.05) is 33.2 Å². The maximum atomic E-state index is 11.1. The molecular weight excluding hydrogens is 280 g/mol. The molecule has 0 unspecified atom stereocenters. The van der Waals surface area contributed by atoms with E-state index in [1.165, 1.54) is 0 Å². The molecule has 1 fully saturated rings. The van der Waals surface area contributed by atoms with Gasteiger partial charge in [-0.15, -0.1) is 0 Å². The molecule has 0 aromatic heterocycles. The van der Waals surface area contributed by atoms with Crippen LogP contribution in [0.25, 0.3) is 0 Å². The van der Waals surface area contributed by atoms with Gasteiger partial charge >= 0.3 is 0 Å². The van der Waals surface area contributed by atoms with Gasteiger partial charge in [0.2, 0.25) is 0 Å². The fraction of sp³-hybridized carbons (Fsp3) is 0.571. The molecule has 6 heteroatoms. The smallest absolute Gasteiger partial charge is 0.264 e. The lowest BCUT2D eigenvalue weighted by Crippen LogP contribution is -2.30. The van der Waals surface area contributed by atoms with Crippen LogP contribution < -0.4 is 4.74 Å². The van der Waals surface area contributed by atoms with E-state index in [4.69, 9.17) is 13.7 Å². The third-order valence-electron chi connectivity index (χ3n) is 3.49. The van der Waals surface area contributed by atoms with Crippen molar-refractivity contribution < 1.29 is 22.1 Å². The molecule has 0 spiro atoms. The zero-order chi connectivity index (χ0) is 14.6. The van der Waals surface area contributed by atoms with E-state index >= 15 is 0 Å². The predicted octanol–water partition coefficient (Wildman–Crippen LogP) is 1.79. The van der Waals surface area contributed by atoms with E-state index in [-0.39, 0.29) is 18.4 Å². The van der Waals surface area contributed by atoms with Crippen molar-refractivity contribution in [3.8, 4) is 5.75 Å². The molecule has 5 nitrogen and oxygen atoms in total. The van der Waals surface area contributed by atoms with Crippen molar-refractivity contribution in [3.63, 3.8) is 0 Å². The van der Waals surface area contributed by atoms with Gasteiger partial charge in [0.25, 0.3) is 10.1 Å². The van der Waals surface area contributed by atoms with Crippen LogP contribution in [0.2, 0.25) is 0 Å². The molecule has 1 heterocycles. The Morgan fingerprint density at radius 3 is 2.90 bits per heavy atom. The number of ether oxygens (including phenoxy) is 2. The highest BCUT2D eigenvalue weighted by atomic mass is 32.2. The van der Waals surface area contributed by atoms with E-state index in [9.17, 15) is 8.42 Å². The highest BCUT2D eigenvalue weighted by Crippen LogP contribution is 2.33. The molecule has 1 saturated heterocycles. The van der Waals surface area contributed by atoms with Crippen molar-refractivity contribution in [3.05, 3.63) is 29.8 Å². The van der Waals surface area contributed by atoms with Gasteiger partial charge in [0.1, 0.15) is 5.75 Å². The van der Waals surface area contributed by atoms with Gasteiger partial charge in [-0.2, -0.15) is 8.42 Å². The van der Waals surface area contributed by atoms with Crippen LogP contribution in [0.5, 0.6) is 5.75 Å². The topological polar surface area (TPSA) is 61.8 Å². The molecule has 0 bridgehead atoms. The summed E-state index contributed by atoms with van der Waals surface area (Å²) < 4.78 is 37.9. The quantitative estimate of drug-likeness (QED) is 0.776. The van der Waals surface area contributed by atoms with E-state index in [1.54, 1.807) is 7.11 Å². The fourth-order valence-electron chi connectivity index (χ4n) is 2.48. The molecule has 1 aromatic rings. The molecule has 0 radical (unpaired) electrons. The molecule has 2 rings (SSSR count). The van der Waals surface area contributed by atoms with Crippen LogP contribution in [-0.2, 0) is 19.0 Å². The van der Waals surface area contributed by atoms with Gasteiger partial charge in [0, 0.05) is 12.5 Å². The van der Waals surface area contributed by atoms with Crippen molar-refractivity contribution in [2.24, 2.45) is 5.92 Å². The molecule has 112 valence electrons. The molecular formula is C14H20O5S. The van der Waals surface area contributed by atoms with E-state index in [0.717, 1.165) is 24.0 Å². The Morgan fingerprint density at radius 1 is 1.40 bits per heavy atom. The SMILES string of the molecule is COc1cccc([C@@H]2CCOC[C@H]2COS(C)(=O)=O)c1. The van der Waals surface area contributed by atoms with E-state index in [1.807, 2.05) is 24.3 Å². The second-order valence-electron chi connectivity index (χ2n) is 5.00. The first-order chi connectivity index (χ1) is 9.49. The summed E-state index contributed by atoms with van der Waals surface area (Å²) in [5, 5.41) is 0. The summed E-state index contributed by atoms with van der Waals surface area (Å²) >= 11 is 0. The average Bonchev–Trinajstić information content (AvgIpc) is 2.45. The maximum absolute atomic E-state index is 11.1. The lowest BCUT2D eigenvalue weighted by molar-refractivity contribution is 0.0219. The van der Waals surface area contributed by atoms with Crippen LogP contribution in [-0.4, -0.2) is 41.6 Å². The molecule has 2 atom stereocenters. The number of hydrogen-bond acceptors (Lipinski definition) is 5. The monoisotopic (exact) mass is 300 g/mol. The third kappa shape index (κ3) is 4.19. The Labute approximate surface area is 120 Å². The Bertz CT molecular complexity index is 540. The summed E-state index contributed by atoms with van der Waals surface area (Å²) in [6.45, 7) is 1.34. The Kier molecular flexibility index (Phi) is 5.01. The summed E-state index contributed by atoms with van der Waals surface area (Å²) in [6.07, 6.45) is 1.92. The minimum atomic E-state index is -3.42. The van der Waals surface area contributed by atoms with Crippen LogP contribution in [0.4, 0.5) is 0 Å². The molecule has 20 heavy (non-hydrogen) atoms. The summed E-state index contributed by atoms with van der Waals surface area (Å²) in [4.78, 5) is 0. The van der Waals surface area contributed by atoms with Crippen molar-refractivity contribution in [2.45, 2.75) is 12.3 Å². The Balaban J connectivity index is 2.13. The first-order valence-corrected chi connectivity index (χ1v) is 8.37. The van der Waals surface area contributed by atoms with Gasteiger partial charge in [-0.3, -0.25) is 4.18 Å². The van der Waals surface area contributed by atoms with Crippen LogP contribution >= 0.6 is 0 Å². The summed E-state index contributed by atoms with van der Waals surface area (Å²) in [5.74, 6) is 1.06. The normalized spacial score (nSPS) is 23.5. The van der Waals surface area contributed by atoms with Crippen molar-refractivity contribution in [1.29, 1.82) is 0 Å². The number of benzene rings is 1. The molecule has 0 aliphatic carbocycles. The first kappa shape index (κ1) is 15.3. The van der Waals surface area contributed by atoms with E-state index < -0.39 is 10.1 Å². The van der Waals surface area contributed by atoms with Gasteiger partial charge < -0.3 is 9.47 Å². The number of hydrogen-bond donors (Lipinski definition) is 0. The lowest BCUT2D eigenvalue weighted by atomic mass is 9.83. The highest BCUT2D eigenvalue weighted by molar-refractivity contribution is 7.85. The second-order valence-corrected chi connectivity index (χ2v) is 6.64. The number of methoxy groups -OCH3 is 1. The van der Waals surface area contributed by atoms with Crippen LogP contribution in [0.3, 0.4) is 0 Å². The molecule has 0 saturated carbocycles. The fourth-order valence-corrected chi connectivity index (χ4v) is 2.91. The second kappa shape index (κ2) is 6.56. The predicted molar refractivity (Wildman–Crippen MR) is 75.5 cm³/mol. The summed E-state index contributed by atoms with van der Waals surface area (Å²) in [5.41, 5.74) is 1.13. The maximum Gasteiger partial charge on any atom is 0.264 e. The van der Waals surface area contributed by atoms with Gasteiger partial charge in [0.15, 0.2) is 0 Å². The van der Waals surface area contributed by atoms with Crippen LogP contribution in [0.15, 0.2) is 24.3 Å². The number of rotatable bonds is 5. The van der Waals surface area contributed by atoms with Crippen LogP contribution in [0, 0.1) is 5.92 Å². The molecule has 1 aliphatic heterocycles. The minimum Gasteiger partial charge on any atom is -0.497 e. The van der Waals surface area contributed by atoms with Gasteiger partial charge in [-0.1, -0.05) is 12.1 Å². The standard InChI is InChI=1S/C14H20O5S/c1-17-13-5-3-4-11(8-13)14-6-7-18-9-12(14)10-19-20(2,15)16/h3-5,8,12,14H,6-7,9-10H2,1-2H3/t12-,14-/m0/s1. The largest absolute Gasteiger partial charge is 0.497 e. The van der Waals surface area contributed by atoms with E-state index in [2.05, 4.69) is 0 Å². The van der Waals surface area contributed by atoms with Gasteiger partial charge in [-0.25, -0.2) is 0 Å². The van der Waals surface area contributed by atoms with Gasteiger partial charge in [-0.05, 0) is 30.0 Å². The zero-order valence-corrected chi connectivity index (χ0v) is 12.6. The Hall–Kier alpha value is -1.11. The minimum absolute atomic E-state index is 0.0329. The average molecular weight is 300 g/mol. The lowest BCUT2D eigenvalue weighted by Gasteiger charge is -2.31. The Morgan fingerprint density at radius 2 is 2.20 bits per heavy atom. The zero-order valence-electron chi connectivity index (χ0n) is 11.7.